The third-order valence-electron chi connectivity index (χ3n) is 5.06. The van der Waals surface area contributed by atoms with Crippen molar-refractivity contribution in [3.8, 4) is 0 Å². The second-order valence-electron chi connectivity index (χ2n) is 7.74. The number of hydrogen-bond donors (Lipinski definition) is 1. The van der Waals surface area contributed by atoms with E-state index < -0.39 is 6.10 Å². The lowest BCUT2D eigenvalue weighted by molar-refractivity contribution is 0.0368. The average Bonchev–Trinajstić information content (AvgIpc) is 2.59. The van der Waals surface area contributed by atoms with Crippen molar-refractivity contribution in [1.82, 2.24) is 0 Å². The maximum Gasteiger partial charge on any atom is 0.338 e. The summed E-state index contributed by atoms with van der Waals surface area (Å²) < 4.78 is 5.76. The predicted molar refractivity (Wildman–Crippen MR) is 101 cm³/mol. The first-order valence-corrected chi connectivity index (χ1v) is 9.07. The Morgan fingerprint density at radius 2 is 1.88 bits per heavy atom. The first kappa shape index (κ1) is 19.5. The largest absolute Gasteiger partial charge is 0.454 e. The van der Waals surface area contributed by atoms with E-state index in [-0.39, 0.29) is 17.5 Å². The highest BCUT2D eigenvalue weighted by molar-refractivity contribution is 5.89. The normalized spacial score (nSPS) is 28.7. The van der Waals surface area contributed by atoms with Crippen LogP contribution in [0.1, 0.15) is 63.7 Å². The van der Waals surface area contributed by atoms with E-state index in [2.05, 4.69) is 26.8 Å². The van der Waals surface area contributed by atoms with Crippen molar-refractivity contribution in [1.29, 1.82) is 0 Å². The molecule has 136 valence electrons. The molecule has 0 aromatic heterocycles. The van der Waals surface area contributed by atoms with E-state index in [0.717, 1.165) is 24.8 Å². The SMILES string of the molecule is C/C1=C/C[C@@H](OC(=O)c2ccccc2)/C(C)=C\[C@H](O)C(C)(C)CCC1. The lowest BCUT2D eigenvalue weighted by Crippen LogP contribution is -2.29. The van der Waals surface area contributed by atoms with E-state index >= 15 is 0 Å². The topological polar surface area (TPSA) is 46.5 Å². The van der Waals surface area contributed by atoms with E-state index in [1.807, 2.05) is 31.2 Å². The molecule has 0 amide bonds. The van der Waals surface area contributed by atoms with Crippen molar-refractivity contribution in [3.63, 3.8) is 0 Å². The smallest absolute Gasteiger partial charge is 0.338 e. The minimum absolute atomic E-state index is 0.195. The molecule has 0 radical (unpaired) electrons. The van der Waals surface area contributed by atoms with Gasteiger partial charge in [-0.15, -0.1) is 0 Å². The molecule has 0 aliphatic heterocycles. The monoisotopic (exact) mass is 342 g/mol. The number of benzene rings is 1. The Labute approximate surface area is 151 Å². The van der Waals surface area contributed by atoms with Gasteiger partial charge in [0.05, 0.1) is 11.7 Å². The van der Waals surface area contributed by atoms with Gasteiger partial charge in [0.15, 0.2) is 0 Å². The molecule has 0 fully saturated rings. The third-order valence-corrected chi connectivity index (χ3v) is 5.06. The molecule has 0 saturated heterocycles. The number of rotatable bonds is 2. The zero-order chi connectivity index (χ0) is 18.4. The quantitative estimate of drug-likeness (QED) is 0.603. The van der Waals surface area contributed by atoms with Crippen molar-refractivity contribution in [3.05, 3.63) is 59.2 Å². The van der Waals surface area contributed by atoms with Crippen molar-refractivity contribution in [2.45, 2.75) is 65.6 Å². The molecule has 2 atom stereocenters. The van der Waals surface area contributed by atoms with Gasteiger partial charge < -0.3 is 9.84 Å². The Bertz CT molecular complexity index is 640. The fraction of sp³-hybridized carbons (Fsp3) is 0.500. The van der Waals surface area contributed by atoms with Crippen LogP contribution in [0.5, 0.6) is 0 Å². The number of ether oxygens (including phenoxy) is 1. The molecule has 1 aromatic rings. The Kier molecular flexibility index (Phi) is 6.60. The van der Waals surface area contributed by atoms with E-state index in [0.29, 0.717) is 12.0 Å². The van der Waals surface area contributed by atoms with Crippen LogP contribution in [0.15, 0.2) is 53.6 Å². The van der Waals surface area contributed by atoms with Gasteiger partial charge in [0.2, 0.25) is 0 Å². The summed E-state index contributed by atoms with van der Waals surface area (Å²) in [6.07, 6.45) is 6.76. The Hall–Kier alpha value is -1.87. The van der Waals surface area contributed by atoms with Crippen LogP contribution in [-0.4, -0.2) is 23.3 Å². The number of allylic oxidation sites excluding steroid dienone is 1. The van der Waals surface area contributed by atoms with Crippen LogP contribution in [0.3, 0.4) is 0 Å². The number of aliphatic hydroxyl groups is 1. The average molecular weight is 342 g/mol. The van der Waals surface area contributed by atoms with E-state index in [1.165, 1.54) is 5.57 Å². The molecule has 1 aliphatic carbocycles. The van der Waals surface area contributed by atoms with Gasteiger partial charge in [-0.05, 0) is 56.2 Å². The van der Waals surface area contributed by atoms with Gasteiger partial charge in [-0.25, -0.2) is 4.79 Å². The van der Waals surface area contributed by atoms with Crippen LogP contribution >= 0.6 is 0 Å². The highest BCUT2D eigenvalue weighted by Gasteiger charge is 2.27. The summed E-state index contributed by atoms with van der Waals surface area (Å²) in [7, 11) is 0. The van der Waals surface area contributed by atoms with Crippen LogP contribution in [0.4, 0.5) is 0 Å². The molecule has 0 bridgehead atoms. The molecule has 0 unspecified atom stereocenters. The summed E-state index contributed by atoms with van der Waals surface area (Å²) in [5.74, 6) is -0.326. The Morgan fingerprint density at radius 3 is 2.56 bits per heavy atom. The van der Waals surface area contributed by atoms with Crippen LogP contribution in [0.2, 0.25) is 0 Å². The van der Waals surface area contributed by atoms with Crippen molar-refractivity contribution in [2.24, 2.45) is 5.41 Å². The minimum atomic E-state index is -0.552. The van der Waals surface area contributed by atoms with Gasteiger partial charge in [0.25, 0.3) is 0 Å². The molecule has 0 heterocycles. The van der Waals surface area contributed by atoms with Crippen LogP contribution < -0.4 is 0 Å². The molecule has 2 rings (SSSR count). The first-order chi connectivity index (χ1) is 11.8. The first-order valence-electron chi connectivity index (χ1n) is 9.07. The number of aliphatic hydroxyl groups excluding tert-OH is 1. The van der Waals surface area contributed by atoms with Gasteiger partial charge >= 0.3 is 5.97 Å². The molecule has 0 saturated carbocycles. The highest BCUT2D eigenvalue weighted by atomic mass is 16.5. The number of carbonyl (C=O) groups excluding carboxylic acids is 1. The van der Waals surface area contributed by atoms with Gasteiger partial charge in [-0.3, -0.25) is 0 Å². The van der Waals surface area contributed by atoms with Crippen molar-refractivity contribution < 1.29 is 14.6 Å². The van der Waals surface area contributed by atoms with E-state index in [9.17, 15) is 9.90 Å². The molecule has 3 heteroatoms. The fourth-order valence-corrected chi connectivity index (χ4v) is 3.06. The highest BCUT2D eigenvalue weighted by Crippen LogP contribution is 2.31. The lowest BCUT2D eigenvalue weighted by atomic mass is 9.80. The maximum atomic E-state index is 12.4. The zero-order valence-corrected chi connectivity index (χ0v) is 15.8. The third kappa shape index (κ3) is 5.57. The predicted octanol–water partition coefficient (Wildman–Crippen LogP) is 5.07. The summed E-state index contributed by atoms with van der Waals surface area (Å²) in [6.45, 7) is 8.23. The number of esters is 1. The minimum Gasteiger partial charge on any atom is -0.454 e. The maximum absolute atomic E-state index is 12.4. The second kappa shape index (κ2) is 8.48. The standard InChI is InChI=1S/C22H30O3/c1-16-9-8-14-22(3,4)20(23)15-17(2)19(13-12-16)25-21(24)18-10-6-5-7-11-18/h5-7,10-12,15,19-20,23H,8-9,13-14H2,1-4H3/b16-12-,17-15-/t19-,20+/m1/s1. The molecule has 0 spiro atoms. The summed E-state index contributed by atoms with van der Waals surface area (Å²) in [5.41, 5.74) is 2.56. The number of carbonyl (C=O) groups is 1. The van der Waals surface area contributed by atoms with Crippen molar-refractivity contribution in [2.75, 3.05) is 0 Å². The zero-order valence-electron chi connectivity index (χ0n) is 15.8. The summed E-state index contributed by atoms with van der Waals surface area (Å²) in [6, 6.07) is 9.04. The summed E-state index contributed by atoms with van der Waals surface area (Å²) in [4.78, 5) is 12.4. The number of hydrogen-bond acceptors (Lipinski definition) is 3. The van der Waals surface area contributed by atoms with Crippen LogP contribution in [0, 0.1) is 5.41 Å². The molecule has 1 aliphatic rings. The Morgan fingerprint density at radius 1 is 1.20 bits per heavy atom. The molecular formula is C22H30O3. The van der Waals surface area contributed by atoms with Gasteiger partial charge in [-0.1, -0.05) is 49.8 Å². The summed E-state index contributed by atoms with van der Waals surface area (Å²) >= 11 is 0. The second-order valence-corrected chi connectivity index (χ2v) is 7.74. The Balaban J connectivity index is 2.25. The van der Waals surface area contributed by atoms with E-state index in [1.54, 1.807) is 12.1 Å². The van der Waals surface area contributed by atoms with Gasteiger partial charge in [-0.2, -0.15) is 0 Å². The van der Waals surface area contributed by atoms with Gasteiger partial charge in [0, 0.05) is 6.42 Å². The fourth-order valence-electron chi connectivity index (χ4n) is 3.06. The lowest BCUT2D eigenvalue weighted by Gasteiger charge is -2.29. The molecular weight excluding hydrogens is 312 g/mol. The van der Waals surface area contributed by atoms with Crippen LogP contribution in [-0.2, 0) is 4.74 Å². The van der Waals surface area contributed by atoms with Crippen molar-refractivity contribution >= 4 is 5.97 Å². The molecule has 1 N–H and O–H groups in total. The molecule has 1 aromatic carbocycles. The molecule has 25 heavy (non-hydrogen) atoms. The van der Waals surface area contributed by atoms with Crippen LogP contribution in [0.25, 0.3) is 0 Å². The van der Waals surface area contributed by atoms with Gasteiger partial charge in [0.1, 0.15) is 6.10 Å². The molecule has 3 nitrogen and oxygen atoms in total. The summed E-state index contributed by atoms with van der Waals surface area (Å²) in [5, 5.41) is 10.6. The van der Waals surface area contributed by atoms with E-state index in [4.69, 9.17) is 4.74 Å².